The Bertz CT molecular complexity index is 360. The van der Waals surface area contributed by atoms with Gasteiger partial charge in [-0.25, -0.2) is 0 Å². The van der Waals surface area contributed by atoms with E-state index in [9.17, 15) is 5.11 Å². The lowest BCUT2D eigenvalue weighted by atomic mass is 9.82. The standard InChI is InChI=1S/C14H21NO/c1-15(2)8-7-11-3-4-13-10-14(16)6-5-12(13)9-11/h5-6,10-11,16H,3-4,7-9H2,1-2H3. The molecule has 0 heterocycles. The molecule has 0 spiro atoms. The summed E-state index contributed by atoms with van der Waals surface area (Å²) in [6.07, 6.45) is 4.86. The lowest BCUT2D eigenvalue weighted by molar-refractivity contribution is 0.330. The smallest absolute Gasteiger partial charge is 0.115 e. The summed E-state index contributed by atoms with van der Waals surface area (Å²) >= 11 is 0. The minimum absolute atomic E-state index is 0.408. The van der Waals surface area contributed by atoms with Crippen molar-refractivity contribution in [3.63, 3.8) is 0 Å². The highest BCUT2D eigenvalue weighted by Gasteiger charge is 2.18. The van der Waals surface area contributed by atoms with E-state index in [1.165, 1.54) is 36.9 Å². The normalized spacial score (nSPS) is 19.8. The van der Waals surface area contributed by atoms with Crippen LogP contribution in [0, 0.1) is 5.92 Å². The monoisotopic (exact) mass is 219 g/mol. The SMILES string of the molecule is CN(C)CCC1CCc2cc(O)ccc2C1. The summed E-state index contributed by atoms with van der Waals surface area (Å²) in [6, 6.07) is 5.83. The van der Waals surface area contributed by atoms with Gasteiger partial charge in [0.1, 0.15) is 5.75 Å². The average Bonchev–Trinajstić information content (AvgIpc) is 2.26. The van der Waals surface area contributed by atoms with E-state index in [1.54, 1.807) is 0 Å². The van der Waals surface area contributed by atoms with Gasteiger partial charge in [0.15, 0.2) is 0 Å². The molecule has 2 rings (SSSR count). The van der Waals surface area contributed by atoms with Gasteiger partial charge in [-0.2, -0.15) is 0 Å². The highest BCUT2D eigenvalue weighted by atomic mass is 16.3. The maximum atomic E-state index is 9.42. The Balaban J connectivity index is 1.98. The van der Waals surface area contributed by atoms with Gasteiger partial charge in [0.25, 0.3) is 0 Å². The van der Waals surface area contributed by atoms with Crippen LogP contribution in [0.25, 0.3) is 0 Å². The zero-order valence-corrected chi connectivity index (χ0v) is 10.2. The first-order valence-corrected chi connectivity index (χ1v) is 6.10. The molecule has 16 heavy (non-hydrogen) atoms. The first kappa shape index (κ1) is 11.5. The van der Waals surface area contributed by atoms with Crippen LogP contribution in [0.1, 0.15) is 24.0 Å². The molecule has 0 bridgehead atoms. The Hall–Kier alpha value is -1.02. The number of fused-ring (bicyclic) bond motifs is 1. The van der Waals surface area contributed by atoms with Gasteiger partial charge in [-0.15, -0.1) is 0 Å². The minimum atomic E-state index is 0.408. The Morgan fingerprint density at radius 3 is 2.88 bits per heavy atom. The van der Waals surface area contributed by atoms with Crippen molar-refractivity contribution in [3.8, 4) is 5.75 Å². The largest absolute Gasteiger partial charge is 0.508 e. The number of hydrogen-bond donors (Lipinski definition) is 1. The van der Waals surface area contributed by atoms with E-state index in [4.69, 9.17) is 0 Å². The van der Waals surface area contributed by atoms with E-state index in [-0.39, 0.29) is 0 Å². The van der Waals surface area contributed by atoms with E-state index in [0.29, 0.717) is 5.75 Å². The quantitative estimate of drug-likeness (QED) is 0.844. The number of phenolic OH excluding ortho intramolecular Hbond substituents is 1. The molecule has 1 unspecified atom stereocenters. The fourth-order valence-corrected chi connectivity index (χ4v) is 2.50. The van der Waals surface area contributed by atoms with Crippen molar-refractivity contribution in [3.05, 3.63) is 29.3 Å². The predicted octanol–water partition coefficient (Wildman–Crippen LogP) is 2.45. The molecule has 0 saturated heterocycles. The Labute approximate surface area is 97.9 Å². The van der Waals surface area contributed by atoms with E-state index in [2.05, 4.69) is 25.1 Å². The number of rotatable bonds is 3. The van der Waals surface area contributed by atoms with Crippen molar-refractivity contribution in [2.75, 3.05) is 20.6 Å². The molecule has 0 saturated carbocycles. The zero-order chi connectivity index (χ0) is 11.5. The lowest BCUT2D eigenvalue weighted by Crippen LogP contribution is -2.21. The third kappa shape index (κ3) is 2.76. The molecule has 2 nitrogen and oxygen atoms in total. The number of aromatic hydroxyl groups is 1. The van der Waals surface area contributed by atoms with Crippen LogP contribution in [0.4, 0.5) is 0 Å². The van der Waals surface area contributed by atoms with Crippen molar-refractivity contribution >= 4 is 0 Å². The van der Waals surface area contributed by atoms with Gasteiger partial charge in [-0.1, -0.05) is 6.07 Å². The summed E-state index contributed by atoms with van der Waals surface area (Å²) < 4.78 is 0. The summed E-state index contributed by atoms with van der Waals surface area (Å²) in [7, 11) is 4.27. The van der Waals surface area contributed by atoms with E-state index < -0.39 is 0 Å². The van der Waals surface area contributed by atoms with Gasteiger partial charge in [0, 0.05) is 0 Å². The van der Waals surface area contributed by atoms with Crippen molar-refractivity contribution in [1.82, 2.24) is 4.90 Å². The molecule has 1 N–H and O–H groups in total. The van der Waals surface area contributed by atoms with Crippen molar-refractivity contribution < 1.29 is 5.11 Å². The van der Waals surface area contributed by atoms with Crippen molar-refractivity contribution in [2.24, 2.45) is 5.92 Å². The summed E-state index contributed by atoms with van der Waals surface area (Å²) in [4.78, 5) is 2.26. The van der Waals surface area contributed by atoms with E-state index in [0.717, 1.165) is 12.3 Å². The molecule has 1 aliphatic carbocycles. The van der Waals surface area contributed by atoms with Crippen LogP contribution in [0.3, 0.4) is 0 Å². The van der Waals surface area contributed by atoms with Gasteiger partial charge in [-0.05, 0) is 75.5 Å². The van der Waals surface area contributed by atoms with Gasteiger partial charge >= 0.3 is 0 Å². The Morgan fingerprint density at radius 1 is 1.31 bits per heavy atom. The van der Waals surface area contributed by atoms with Crippen LogP contribution in [-0.2, 0) is 12.8 Å². The molecule has 1 aliphatic rings. The number of benzene rings is 1. The fraction of sp³-hybridized carbons (Fsp3) is 0.571. The van der Waals surface area contributed by atoms with Crippen LogP contribution < -0.4 is 0 Å². The molecule has 1 aromatic carbocycles. The molecular weight excluding hydrogens is 198 g/mol. The Morgan fingerprint density at radius 2 is 2.12 bits per heavy atom. The lowest BCUT2D eigenvalue weighted by Gasteiger charge is -2.25. The summed E-state index contributed by atoms with van der Waals surface area (Å²) in [6.45, 7) is 1.18. The van der Waals surface area contributed by atoms with Gasteiger partial charge < -0.3 is 10.0 Å². The molecular formula is C14H21NO. The van der Waals surface area contributed by atoms with Gasteiger partial charge in [0.2, 0.25) is 0 Å². The number of hydrogen-bond acceptors (Lipinski definition) is 2. The van der Waals surface area contributed by atoms with E-state index in [1.807, 2.05) is 12.1 Å². The number of aryl methyl sites for hydroxylation is 1. The van der Waals surface area contributed by atoms with Crippen molar-refractivity contribution in [2.45, 2.75) is 25.7 Å². The fourth-order valence-electron chi connectivity index (χ4n) is 2.50. The summed E-state index contributed by atoms with van der Waals surface area (Å²) in [5.74, 6) is 1.23. The van der Waals surface area contributed by atoms with Crippen molar-refractivity contribution in [1.29, 1.82) is 0 Å². The van der Waals surface area contributed by atoms with Gasteiger partial charge in [-0.3, -0.25) is 0 Å². The molecule has 0 aliphatic heterocycles. The van der Waals surface area contributed by atoms with Gasteiger partial charge in [0.05, 0.1) is 0 Å². The first-order chi connectivity index (χ1) is 7.65. The Kier molecular flexibility index (Phi) is 3.49. The molecule has 1 aromatic rings. The summed E-state index contributed by atoms with van der Waals surface area (Å²) in [5.41, 5.74) is 2.79. The van der Waals surface area contributed by atoms with Crippen LogP contribution in [-0.4, -0.2) is 30.6 Å². The highest BCUT2D eigenvalue weighted by Crippen LogP contribution is 2.29. The molecule has 2 heteroatoms. The number of phenols is 1. The molecule has 0 fully saturated rings. The maximum Gasteiger partial charge on any atom is 0.115 e. The average molecular weight is 219 g/mol. The second kappa shape index (κ2) is 4.88. The van der Waals surface area contributed by atoms with Crippen LogP contribution in [0.2, 0.25) is 0 Å². The second-order valence-electron chi connectivity index (χ2n) is 5.15. The summed E-state index contributed by atoms with van der Waals surface area (Å²) in [5, 5.41) is 9.42. The minimum Gasteiger partial charge on any atom is -0.508 e. The molecule has 0 aromatic heterocycles. The van der Waals surface area contributed by atoms with Crippen LogP contribution >= 0.6 is 0 Å². The number of nitrogens with zero attached hydrogens (tertiary/aromatic N) is 1. The molecule has 88 valence electrons. The predicted molar refractivity (Wildman–Crippen MR) is 66.8 cm³/mol. The maximum absolute atomic E-state index is 9.42. The third-order valence-corrected chi connectivity index (χ3v) is 3.50. The second-order valence-corrected chi connectivity index (χ2v) is 5.15. The highest BCUT2D eigenvalue weighted by molar-refractivity contribution is 5.36. The van der Waals surface area contributed by atoms with Crippen LogP contribution in [0.5, 0.6) is 5.75 Å². The zero-order valence-electron chi connectivity index (χ0n) is 10.2. The third-order valence-electron chi connectivity index (χ3n) is 3.50. The topological polar surface area (TPSA) is 23.5 Å². The van der Waals surface area contributed by atoms with E-state index >= 15 is 0 Å². The molecule has 0 radical (unpaired) electrons. The first-order valence-electron chi connectivity index (χ1n) is 6.10. The molecule has 1 atom stereocenters. The molecule has 0 amide bonds. The van der Waals surface area contributed by atoms with Crippen LogP contribution in [0.15, 0.2) is 18.2 Å².